The molecule has 0 spiro atoms. The maximum atomic E-state index is 4.91. The van der Waals surface area contributed by atoms with E-state index < -0.39 is 5.79 Å². The molecule has 40 valence electrons. The van der Waals surface area contributed by atoms with Crippen LogP contribution in [0.4, 0.5) is 0 Å². The molecule has 0 radical (unpaired) electrons. The molecule has 4 heteroatoms. The topological polar surface area (TPSA) is 78.1 Å². The molecule has 0 bridgehead atoms. The van der Waals surface area contributed by atoms with Gasteiger partial charge in [0.15, 0.2) is 0 Å². The van der Waals surface area contributed by atoms with E-state index in [2.05, 4.69) is 0 Å². The molecule has 0 aromatic heterocycles. The van der Waals surface area contributed by atoms with Crippen molar-refractivity contribution in [1.82, 2.24) is 0 Å². The molecule has 0 aromatic carbocycles. The fourth-order valence-electron chi connectivity index (χ4n) is 0. The fourth-order valence-corrected chi connectivity index (χ4v) is 0. The normalized spacial score (nSPS) is 10.0. The summed E-state index contributed by atoms with van der Waals surface area (Å²) >= 11 is 0. The second kappa shape index (κ2) is 2.57. The van der Waals surface area contributed by atoms with Crippen LogP contribution >= 0.6 is 0 Å². The van der Waals surface area contributed by atoms with Crippen LogP contribution in [-0.4, -0.2) is 23.4 Å². The summed E-state index contributed by atoms with van der Waals surface area (Å²) in [5.74, 6) is -1.00. The van der Waals surface area contributed by atoms with E-state index in [0.717, 1.165) is 0 Å². The van der Waals surface area contributed by atoms with Crippen LogP contribution in [0.2, 0.25) is 0 Å². The molecule has 0 atom stereocenters. The van der Waals surface area contributed by atoms with Gasteiger partial charge in [-0.3, -0.25) is 0 Å². The summed E-state index contributed by atoms with van der Waals surface area (Å²) < 4.78 is 0. The van der Waals surface area contributed by atoms with E-state index in [4.69, 9.17) is 17.2 Å². The summed E-state index contributed by atoms with van der Waals surface area (Å²) in [7, 11) is 0. The Balaban J connectivity index is 0. The van der Waals surface area contributed by atoms with Crippen molar-refractivity contribution in [1.29, 1.82) is 0 Å². The zero-order valence-corrected chi connectivity index (χ0v) is 3.23. The van der Waals surface area contributed by atoms with Gasteiger partial charge in [-0.1, -0.05) is 0 Å². The summed E-state index contributed by atoms with van der Waals surface area (Å²) in [6, 6.07) is 0. The Kier molecular flexibility index (Phi) is 4.14. The molecule has 0 aliphatic rings. The summed E-state index contributed by atoms with van der Waals surface area (Å²) in [5.41, 5.74) is 14.7. The summed E-state index contributed by atoms with van der Waals surface area (Å²) in [4.78, 5) is 0. The van der Waals surface area contributed by atoms with Crippen LogP contribution in [0.15, 0.2) is 0 Å². The quantitative estimate of drug-likeness (QED) is 0.257. The standard InChI is InChI=1S/C2H9N3.GeH4/c1-2(3,4)5;/h3-5H2,1H3;1H4. The zero-order valence-electron chi connectivity index (χ0n) is 3.23. The van der Waals surface area contributed by atoms with Gasteiger partial charge in [-0.15, -0.1) is 0 Å². The molecule has 0 rings (SSSR count). The van der Waals surface area contributed by atoms with Gasteiger partial charge in [0.1, 0.15) is 5.79 Å². The second-order valence-electron chi connectivity index (χ2n) is 1.37. The third-order valence-electron chi connectivity index (χ3n) is 0. The minimum atomic E-state index is -1.00. The number of rotatable bonds is 0. The van der Waals surface area contributed by atoms with Gasteiger partial charge in [0, 0.05) is 0 Å². The Hall–Kier alpha value is 0.423. The van der Waals surface area contributed by atoms with E-state index in [0.29, 0.717) is 0 Å². The Bertz CT molecular complexity index is 24.3. The molecular weight excluding hydrogens is 139 g/mol. The molecule has 3 nitrogen and oxygen atoms in total. The van der Waals surface area contributed by atoms with Crippen LogP contribution in [0.1, 0.15) is 6.92 Å². The predicted molar refractivity (Wildman–Crippen MR) is 32.3 cm³/mol. The number of nitrogens with two attached hydrogens (primary N) is 3. The van der Waals surface area contributed by atoms with Gasteiger partial charge in [0.25, 0.3) is 0 Å². The first-order valence-corrected chi connectivity index (χ1v) is 1.37. The summed E-state index contributed by atoms with van der Waals surface area (Å²) in [6.07, 6.45) is 0. The van der Waals surface area contributed by atoms with Crippen LogP contribution in [0, 0.1) is 0 Å². The first-order valence-electron chi connectivity index (χ1n) is 1.37. The Labute approximate surface area is 48.2 Å². The van der Waals surface area contributed by atoms with E-state index in [1.807, 2.05) is 0 Å². The molecule has 0 unspecified atom stereocenters. The van der Waals surface area contributed by atoms with Gasteiger partial charge in [-0.25, -0.2) is 0 Å². The summed E-state index contributed by atoms with van der Waals surface area (Å²) in [6.45, 7) is 1.52. The Morgan fingerprint density at radius 1 is 1.17 bits per heavy atom. The van der Waals surface area contributed by atoms with Gasteiger partial charge in [0.2, 0.25) is 0 Å². The Morgan fingerprint density at radius 2 is 1.17 bits per heavy atom. The van der Waals surface area contributed by atoms with Crippen LogP contribution in [0.3, 0.4) is 0 Å². The van der Waals surface area contributed by atoms with Crippen LogP contribution in [-0.2, 0) is 0 Å². The van der Waals surface area contributed by atoms with Crippen LogP contribution in [0.25, 0.3) is 0 Å². The van der Waals surface area contributed by atoms with Gasteiger partial charge in [-0.2, -0.15) is 0 Å². The van der Waals surface area contributed by atoms with E-state index in [-0.39, 0.29) is 17.6 Å². The van der Waals surface area contributed by atoms with Crippen molar-refractivity contribution in [2.45, 2.75) is 12.7 Å². The molecule has 0 heterocycles. The van der Waals surface area contributed by atoms with Crippen LogP contribution < -0.4 is 17.2 Å². The van der Waals surface area contributed by atoms with E-state index >= 15 is 0 Å². The second-order valence-corrected chi connectivity index (χ2v) is 1.37. The molecule has 0 fully saturated rings. The van der Waals surface area contributed by atoms with Crippen LogP contribution in [0.5, 0.6) is 0 Å². The zero-order chi connectivity index (χ0) is 4.50. The molecule has 0 amide bonds. The number of hydrogen-bond acceptors (Lipinski definition) is 3. The summed E-state index contributed by atoms with van der Waals surface area (Å²) in [5, 5.41) is 0. The fraction of sp³-hybridized carbons (Fsp3) is 1.00. The third-order valence-corrected chi connectivity index (χ3v) is 0. The average Bonchev–Trinajstić information content (AvgIpc) is 0.722. The molecule has 0 saturated carbocycles. The van der Waals surface area contributed by atoms with E-state index in [1.165, 1.54) is 6.92 Å². The molecule has 0 aromatic rings. The first kappa shape index (κ1) is 9.66. The molecular formula is C2H13GeN3. The first-order chi connectivity index (χ1) is 2.00. The van der Waals surface area contributed by atoms with E-state index in [1.54, 1.807) is 0 Å². The van der Waals surface area contributed by atoms with Crippen molar-refractivity contribution in [3.63, 3.8) is 0 Å². The molecule has 6 N–H and O–H groups in total. The van der Waals surface area contributed by atoms with Gasteiger partial charge in [0.05, 0.1) is 0 Å². The third kappa shape index (κ3) is 290. The van der Waals surface area contributed by atoms with Gasteiger partial charge in [-0.05, 0) is 6.92 Å². The Morgan fingerprint density at radius 3 is 1.17 bits per heavy atom. The van der Waals surface area contributed by atoms with Crippen molar-refractivity contribution in [3.8, 4) is 0 Å². The molecule has 0 aliphatic carbocycles. The molecule has 6 heavy (non-hydrogen) atoms. The SMILES string of the molecule is CC(N)(N)N.[GeH4]. The van der Waals surface area contributed by atoms with Gasteiger partial charge >= 0.3 is 17.6 Å². The monoisotopic (exact) mass is 153 g/mol. The van der Waals surface area contributed by atoms with Crippen molar-refractivity contribution in [2.75, 3.05) is 0 Å². The van der Waals surface area contributed by atoms with Crippen molar-refractivity contribution >= 4 is 17.6 Å². The van der Waals surface area contributed by atoms with Crippen molar-refractivity contribution in [2.24, 2.45) is 17.2 Å². The average molecular weight is 152 g/mol. The number of hydrogen-bond donors (Lipinski definition) is 3. The van der Waals surface area contributed by atoms with Gasteiger partial charge < -0.3 is 17.2 Å². The molecule has 0 aliphatic heterocycles. The van der Waals surface area contributed by atoms with Crippen molar-refractivity contribution < 1.29 is 0 Å². The van der Waals surface area contributed by atoms with E-state index in [9.17, 15) is 0 Å². The predicted octanol–water partition coefficient (Wildman–Crippen LogP) is -2.92. The van der Waals surface area contributed by atoms with Crippen molar-refractivity contribution in [3.05, 3.63) is 0 Å². The molecule has 0 saturated heterocycles. The minimum absolute atomic E-state index is 0. The maximum absolute atomic E-state index is 4.91.